The van der Waals surface area contributed by atoms with E-state index in [1.54, 1.807) is 0 Å². The smallest absolute Gasteiger partial charge is 0.221 e. The molecule has 1 aliphatic carbocycles. The SMILES string of the molecule is Cc1ccc2c(c1)[C@]1(C)CCC(=O)[C@H](NC(=O)CCN3CCOCC3)[C@@H]1O2.Cl. The molecule has 1 aromatic rings. The lowest BCUT2D eigenvalue weighted by Crippen LogP contribution is -2.59. The molecule has 2 aliphatic heterocycles. The molecule has 4 rings (SSSR count). The molecule has 3 aliphatic rings. The average molecular weight is 409 g/mol. The van der Waals surface area contributed by atoms with Crippen molar-refractivity contribution in [1.82, 2.24) is 10.2 Å². The molecule has 28 heavy (non-hydrogen) atoms. The van der Waals surface area contributed by atoms with E-state index in [0.29, 0.717) is 32.6 Å². The molecule has 1 amide bonds. The molecule has 0 aromatic heterocycles. The molecular formula is C21H29ClN2O4. The van der Waals surface area contributed by atoms with Gasteiger partial charge in [-0.05, 0) is 19.4 Å². The van der Waals surface area contributed by atoms with Crippen LogP contribution in [0.5, 0.6) is 5.75 Å². The van der Waals surface area contributed by atoms with Gasteiger partial charge in [-0.25, -0.2) is 0 Å². The van der Waals surface area contributed by atoms with Gasteiger partial charge in [0.1, 0.15) is 17.9 Å². The highest BCUT2D eigenvalue weighted by Crippen LogP contribution is 2.49. The first kappa shape index (κ1) is 21.1. The molecule has 2 fully saturated rings. The first-order chi connectivity index (χ1) is 13.0. The second kappa shape index (κ2) is 8.39. The van der Waals surface area contributed by atoms with Crippen LogP contribution in [-0.2, 0) is 19.7 Å². The number of carbonyl (C=O) groups is 2. The zero-order valence-electron chi connectivity index (χ0n) is 16.5. The molecule has 1 N–H and O–H groups in total. The number of benzene rings is 1. The number of aryl methyl sites for hydroxylation is 1. The highest BCUT2D eigenvalue weighted by molar-refractivity contribution is 5.91. The van der Waals surface area contributed by atoms with Crippen LogP contribution in [0.4, 0.5) is 0 Å². The van der Waals surface area contributed by atoms with Crippen molar-refractivity contribution in [3.63, 3.8) is 0 Å². The van der Waals surface area contributed by atoms with Crippen molar-refractivity contribution < 1.29 is 19.1 Å². The molecule has 1 aromatic carbocycles. The Labute approximate surface area is 172 Å². The van der Waals surface area contributed by atoms with E-state index in [2.05, 4.69) is 30.1 Å². The Balaban J connectivity index is 0.00000225. The molecule has 0 bridgehead atoms. The summed E-state index contributed by atoms with van der Waals surface area (Å²) in [5.41, 5.74) is 2.10. The van der Waals surface area contributed by atoms with E-state index < -0.39 is 6.04 Å². The number of fused-ring (bicyclic) bond motifs is 3. The van der Waals surface area contributed by atoms with Gasteiger partial charge < -0.3 is 14.8 Å². The van der Waals surface area contributed by atoms with E-state index in [0.717, 1.165) is 30.8 Å². The quantitative estimate of drug-likeness (QED) is 0.825. The maximum Gasteiger partial charge on any atom is 0.221 e. The number of ketones is 1. The van der Waals surface area contributed by atoms with Crippen molar-refractivity contribution in [3.05, 3.63) is 29.3 Å². The monoisotopic (exact) mass is 408 g/mol. The first-order valence-corrected chi connectivity index (χ1v) is 9.87. The molecule has 1 saturated heterocycles. The van der Waals surface area contributed by atoms with Crippen LogP contribution in [0.25, 0.3) is 0 Å². The number of Topliss-reactive ketones (excluding diaryl/α,β-unsaturated/α-hetero) is 1. The number of nitrogens with zero attached hydrogens (tertiary/aromatic N) is 1. The lowest BCUT2D eigenvalue weighted by Gasteiger charge is -2.39. The molecule has 3 atom stereocenters. The van der Waals surface area contributed by atoms with Crippen LogP contribution in [0.1, 0.15) is 37.3 Å². The van der Waals surface area contributed by atoms with Crippen molar-refractivity contribution in [3.8, 4) is 5.75 Å². The molecular weight excluding hydrogens is 380 g/mol. The Bertz CT molecular complexity index is 750. The van der Waals surface area contributed by atoms with Crippen molar-refractivity contribution >= 4 is 24.1 Å². The number of ether oxygens (including phenoxy) is 2. The van der Waals surface area contributed by atoms with Crippen LogP contribution in [0.15, 0.2) is 18.2 Å². The van der Waals surface area contributed by atoms with Gasteiger partial charge in [0.25, 0.3) is 0 Å². The van der Waals surface area contributed by atoms with Gasteiger partial charge in [0, 0.05) is 43.5 Å². The molecule has 154 valence electrons. The lowest BCUT2D eigenvalue weighted by molar-refractivity contribution is -0.133. The molecule has 7 heteroatoms. The van der Waals surface area contributed by atoms with Gasteiger partial charge in [0.15, 0.2) is 5.78 Å². The van der Waals surface area contributed by atoms with Crippen molar-refractivity contribution in [1.29, 1.82) is 0 Å². The summed E-state index contributed by atoms with van der Waals surface area (Å²) >= 11 is 0. The van der Waals surface area contributed by atoms with Crippen LogP contribution in [-0.4, -0.2) is 61.6 Å². The largest absolute Gasteiger partial charge is 0.487 e. The zero-order valence-corrected chi connectivity index (χ0v) is 17.3. The Morgan fingerprint density at radius 3 is 2.82 bits per heavy atom. The zero-order chi connectivity index (χ0) is 19.0. The van der Waals surface area contributed by atoms with E-state index in [9.17, 15) is 9.59 Å². The van der Waals surface area contributed by atoms with Gasteiger partial charge in [-0.3, -0.25) is 14.5 Å². The van der Waals surface area contributed by atoms with Crippen LogP contribution in [0.3, 0.4) is 0 Å². The molecule has 6 nitrogen and oxygen atoms in total. The summed E-state index contributed by atoms with van der Waals surface area (Å²) in [6.07, 6.45) is 1.28. The number of hydrogen-bond donors (Lipinski definition) is 1. The first-order valence-electron chi connectivity index (χ1n) is 9.87. The number of rotatable bonds is 4. The molecule has 2 heterocycles. The molecule has 0 unspecified atom stereocenters. The fourth-order valence-electron chi connectivity index (χ4n) is 4.52. The predicted octanol–water partition coefficient (Wildman–Crippen LogP) is 2.01. The van der Waals surface area contributed by atoms with Crippen molar-refractivity contribution in [2.24, 2.45) is 0 Å². The number of nitrogens with one attached hydrogen (secondary N) is 1. The molecule has 1 saturated carbocycles. The highest BCUT2D eigenvalue weighted by atomic mass is 35.5. The van der Waals surface area contributed by atoms with Crippen molar-refractivity contribution in [2.45, 2.75) is 50.7 Å². The number of carbonyl (C=O) groups excluding carboxylic acids is 2. The minimum Gasteiger partial charge on any atom is -0.487 e. The third-order valence-corrected chi connectivity index (χ3v) is 6.25. The van der Waals surface area contributed by atoms with Crippen LogP contribution < -0.4 is 10.1 Å². The summed E-state index contributed by atoms with van der Waals surface area (Å²) < 4.78 is 11.5. The minimum absolute atomic E-state index is 0. The van der Waals surface area contributed by atoms with Gasteiger partial charge in [-0.1, -0.05) is 24.6 Å². The van der Waals surface area contributed by atoms with Crippen LogP contribution in [0, 0.1) is 6.92 Å². The second-order valence-electron chi connectivity index (χ2n) is 8.17. The maximum atomic E-state index is 12.6. The fourth-order valence-corrected chi connectivity index (χ4v) is 4.52. The molecule has 0 radical (unpaired) electrons. The van der Waals surface area contributed by atoms with Gasteiger partial charge in [-0.15, -0.1) is 12.4 Å². The topological polar surface area (TPSA) is 67.9 Å². The summed E-state index contributed by atoms with van der Waals surface area (Å²) in [5, 5.41) is 2.98. The third kappa shape index (κ3) is 3.91. The Morgan fingerprint density at radius 1 is 1.32 bits per heavy atom. The van der Waals surface area contributed by atoms with E-state index in [-0.39, 0.29) is 35.6 Å². The predicted molar refractivity (Wildman–Crippen MR) is 108 cm³/mol. The number of morpholine rings is 1. The fraction of sp³-hybridized carbons (Fsp3) is 0.619. The second-order valence-corrected chi connectivity index (χ2v) is 8.17. The maximum absolute atomic E-state index is 12.6. The normalized spacial score (nSPS) is 29.3. The van der Waals surface area contributed by atoms with Gasteiger partial charge in [0.05, 0.1) is 13.2 Å². The van der Waals surface area contributed by atoms with Crippen LogP contribution in [0.2, 0.25) is 0 Å². The van der Waals surface area contributed by atoms with Gasteiger partial charge in [0.2, 0.25) is 5.91 Å². The van der Waals surface area contributed by atoms with Gasteiger partial charge in [-0.2, -0.15) is 0 Å². The Kier molecular flexibility index (Phi) is 6.32. The van der Waals surface area contributed by atoms with Crippen molar-refractivity contribution in [2.75, 3.05) is 32.8 Å². The van der Waals surface area contributed by atoms with E-state index in [1.165, 1.54) is 5.56 Å². The Hall–Kier alpha value is -1.63. The lowest BCUT2D eigenvalue weighted by atomic mass is 9.67. The minimum atomic E-state index is -0.575. The van der Waals surface area contributed by atoms with E-state index in [1.807, 2.05) is 12.1 Å². The Morgan fingerprint density at radius 2 is 2.07 bits per heavy atom. The summed E-state index contributed by atoms with van der Waals surface area (Å²) in [5.74, 6) is 0.830. The number of halogens is 1. The number of hydrogen-bond acceptors (Lipinski definition) is 5. The summed E-state index contributed by atoms with van der Waals surface area (Å²) in [7, 11) is 0. The summed E-state index contributed by atoms with van der Waals surface area (Å²) in [6, 6.07) is 5.59. The number of amides is 1. The van der Waals surface area contributed by atoms with E-state index >= 15 is 0 Å². The average Bonchev–Trinajstić information content (AvgIpc) is 2.96. The molecule has 0 spiro atoms. The summed E-state index contributed by atoms with van der Waals surface area (Å²) in [6.45, 7) is 8.06. The van der Waals surface area contributed by atoms with Crippen LogP contribution >= 0.6 is 12.4 Å². The highest BCUT2D eigenvalue weighted by Gasteiger charge is 2.54. The van der Waals surface area contributed by atoms with Gasteiger partial charge >= 0.3 is 0 Å². The van der Waals surface area contributed by atoms with E-state index in [4.69, 9.17) is 9.47 Å². The standard InChI is InChI=1S/C21H28N2O4.ClH/c1-14-3-4-17-15(13-14)21(2)7-5-16(24)19(20(21)27-17)22-18(25)6-8-23-9-11-26-12-10-23;/h3-4,13,19-20H,5-12H2,1-2H3,(H,22,25);1H/t19-,20-,21-;/m0./s1. The third-order valence-electron chi connectivity index (χ3n) is 6.25. The summed E-state index contributed by atoms with van der Waals surface area (Å²) in [4.78, 5) is 27.4.